The Balaban J connectivity index is 1.97. The average Bonchev–Trinajstić information content (AvgIpc) is 2.85. The maximum Gasteiger partial charge on any atom is 0.261 e. The quantitative estimate of drug-likeness (QED) is 0.530. The third-order valence-electron chi connectivity index (χ3n) is 3.39. The predicted octanol–water partition coefficient (Wildman–Crippen LogP) is 5.39. The number of carbonyl (C=O) groups excluding carboxylic acids is 1. The summed E-state index contributed by atoms with van der Waals surface area (Å²) in [7, 11) is 0. The van der Waals surface area contributed by atoms with Crippen molar-refractivity contribution in [1.82, 2.24) is 4.98 Å². The minimum absolute atomic E-state index is 0.0405. The first-order chi connectivity index (χ1) is 10.9. The number of amides is 1. The van der Waals surface area contributed by atoms with Gasteiger partial charge in [0, 0.05) is 22.3 Å². The van der Waals surface area contributed by atoms with E-state index in [9.17, 15) is 9.90 Å². The minimum Gasteiger partial charge on any atom is -0.505 e. The van der Waals surface area contributed by atoms with Gasteiger partial charge in [-0.2, -0.15) is 0 Å². The first kappa shape index (κ1) is 16.0. The maximum atomic E-state index is 12.4. The van der Waals surface area contributed by atoms with E-state index in [4.69, 9.17) is 34.8 Å². The lowest BCUT2D eigenvalue weighted by molar-refractivity contribution is 0.102. The fourth-order valence-corrected chi connectivity index (χ4v) is 3.03. The summed E-state index contributed by atoms with van der Waals surface area (Å²) in [5, 5.41) is 13.6. The number of anilines is 1. The Morgan fingerprint density at radius 3 is 2.61 bits per heavy atom. The normalized spacial score (nSPS) is 11.0. The lowest BCUT2D eigenvalue weighted by Gasteiger charge is -2.11. The van der Waals surface area contributed by atoms with Gasteiger partial charge in [0.1, 0.15) is 11.3 Å². The molecule has 1 heterocycles. The molecule has 0 saturated carbocycles. The summed E-state index contributed by atoms with van der Waals surface area (Å²) in [6.07, 6.45) is 0. The number of aryl methyl sites for hydroxylation is 1. The van der Waals surface area contributed by atoms with Crippen LogP contribution in [0.1, 0.15) is 16.1 Å². The van der Waals surface area contributed by atoms with Gasteiger partial charge in [-0.05, 0) is 37.3 Å². The number of fused-ring (bicyclic) bond motifs is 1. The molecule has 0 unspecified atom stereocenters. The van der Waals surface area contributed by atoms with Crippen LogP contribution in [0.4, 0.5) is 5.69 Å². The summed E-state index contributed by atoms with van der Waals surface area (Å²) in [4.78, 5) is 15.6. The van der Waals surface area contributed by atoms with Crippen molar-refractivity contribution >= 4 is 57.3 Å². The summed E-state index contributed by atoms with van der Waals surface area (Å²) in [6.45, 7) is 1.95. The van der Waals surface area contributed by atoms with E-state index >= 15 is 0 Å². The molecular weight excluding hydrogens is 359 g/mol. The number of phenols is 1. The second kappa shape index (κ2) is 5.96. The topological polar surface area (TPSA) is 65.1 Å². The predicted molar refractivity (Wildman–Crippen MR) is 94.1 cm³/mol. The van der Waals surface area contributed by atoms with Gasteiger partial charge in [-0.1, -0.05) is 34.8 Å². The zero-order valence-electron chi connectivity index (χ0n) is 11.9. The Hall–Kier alpha value is -1.88. The van der Waals surface area contributed by atoms with E-state index in [-0.39, 0.29) is 20.6 Å². The molecule has 7 heteroatoms. The number of aromatic amines is 1. The summed E-state index contributed by atoms with van der Waals surface area (Å²) in [5.74, 6) is -0.999. The Bertz CT molecular complexity index is 908. The fourth-order valence-electron chi connectivity index (χ4n) is 2.34. The zero-order valence-corrected chi connectivity index (χ0v) is 14.1. The number of hydrogen-bond donors (Lipinski definition) is 3. The summed E-state index contributed by atoms with van der Waals surface area (Å²) in [6, 6.07) is 8.66. The van der Waals surface area contributed by atoms with E-state index in [2.05, 4.69) is 10.3 Å². The van der Waals surface area contributed by atoms with Crippen LogP contribution in [0.25, 0.3) is 10.9 Å². The largest absolute Gasteiger partial charge is 0.505 e. The van der Waals surface area contributed by atoms with E-state index in [1.807, 2.05) is 25.1 Å². The number of aromatic hydroxyl groups is 1. The molecule has 3 N–H and O–H groups in total. The van der Waals surface area contributed by atoms with Crippen molar-refractivity contribution in [2.45, 2.75) is 6.92 Å². The second-order valence-electron chi connectivity index (χ2n) is 5.09. The molecule has 4 nitrogen and oxygen atoms in total. The van der Waals surface area contributed by atoms with Crippen molar-refractivity contribution in [3.63, 3.8) is 0 Å². The number of rotatable bonds is 2. The molecule has 0 aliphatic rings. The first-order valence-electron chi connectivity index (χ1n) is 6.64. The number of halogens is 3. The minimum atomic E-state index is -0.594. The van der Waals surface area contributed by atoms with Gasteiger partial charge in [0.15, 0.2) is 0 Å². The van der Waals surface area contributed by atoms with Gasteiger partial charge in [-0.15, -0.1) is 0 Å². The summed E-state index contributed by atoms with van der Waals surface area (Å²) >= 11 is 17.8. The van der Waals surface area contributed by atoms with Gasteiger partial charge in [-0.3, -0.25) is 4.79 Å². The lowest BCUT2D eigenvalue weighted by atomic mass is 10.1. The van der Waals surface area contributed by atoms with Crippen LogP contribution in [0.5, 0.6) is 5.75 Å². The van der Waals surface area contributed by atoms with Gasteiger partial charge in [-0.25, -0.2) is 0 Å². The molecule has 0 aliphatic heterocycles. The molecule has 0 aliphatic carbocycles. The summed E-state index contributed by atoms with van der Waals surface area (Å²) in [5.41, 5.74) is 2.39. The highest BCUT2D eigenvalue weighted by atomic mass is 35.5. The molecule has 0 bridgehead atoms. The number of phenolic OH excluding ortho intramolecular Hbond substituents is 1. The van der Waals surface area contributed by atoms with Crippen LogP contribution < -0.4 is 5.32 Å². The van der Waals surface area contributed by atoms with Crippen molar-refractivity contribution in [3.05, 3.63) is 56.7 Å². The molecule has 0 saturated heterocycles. The molecular formula is C16H11Cl3N2O2. The van der Waals surface area contributed by atoms with Gasteiger partial charge in [0.05, 0.1) is 15.1 Å². The smallest absolute Gasteiger partial charge is 0.261 e. The van der Waals surface area contributed by atoms with Gasteiger partial charge < -0.3 is 15.4 Å². The van der Waals surface area contributed by atoms with Gasteiger partial charge >= 0.3 is 0 Å². The molecule has 0 radical (unpaired) electrons. The van der Waals surface area contributed by atoms with Crippen molar-refractivity contribution in [1.29, 1.82) is 0 Å². The number of hydrogen-bond acceptors (Lipinski definition) is 2. The first-order valence-corrected chi connectivity index (χ1v) is 7.77. The molecule has 0 atom stereocenters. The Kier molecular flexibility index (Phi) is 4.15. The standard InChI is InChI=1S/C16H11Cl3N2O2/c1-7-4-8-5-9(2-3-12(8)20-7)21-16(23)13-14(19)10(17)6-11(18)15(13)22/h2-6,20,22H,1H3,(H,21,23). The van der Waals surface area contributed by atoms with Crippen molar-refractivity contribution < 1.29 is 9.90 Å². The Labute approximate surface area is 147 Å². The van der Waals surface area contributed by atoms with Crippen molar-refractivity contribution in [2.24, 2.45) is 0 Å². The van der Waals surface area contributed by atoms with E-state index in [1.165, 1.54) is 6.07 Å². The molecule has 0 fully saturated rings. The maximum absolute atomic E-state index is 12.4. The number of benzene rings is 2. The average molecular weight is 370 g/mol. The van der Waals surface area contributed by atoms with Crippen LogP contribution in [0.15, 0.2) is 30.3 Å². The van der Waals surface area contributed by atoms with Crippen LogP contribution in [0.2, 0.25) is 15.1 Å². The molecule has 0 spiro atoms. The molecule has 1 amide bonds. The Morgan fingerprint density at radius 2 is 1.87 bits per heavy atom. The zero-order chi connectivity index (χ0) is 16.7. The molecule has 118 valence electrons. The fraction of sp³-hybridized carbons (Fsp3) is 0.0625. The highest BCUT2D eigenvalue weighted by Crippen LogP contribution is 2.38. The summed E-state index contributed by atoms with van der Waals surface area (Å²) < 4.78 is 0. The lowest BCUT2D eigenvalue weighted by Crippen LogP contribution is -2.13. The molecule has 23 heavy (non-hydrogen) atoms. The van der Waals surface area contributed by atoms with E-state index < -0.39 is 11.7 Å². The van der Waals surface area contributed by atoms with Crippen LogP contribution >= 0.6 is 34.8 Å². The van der Waals surface area contributed by atoms with E-state index in [1.54, 1.807) is 6.07 Å². The van der Waals surface area contributed by atoms with E-state index in [0.29, 0.717) is 5.69 Å². The monoisotopic (exact) mass is 368 g/mol. The number of nitrogens with one attached hydrogen (secondary N) is 2. The van der Waals surface area contributed by atoms with Crippen molar-refractivity contribution in [2.75, 3.05) is 5.32 Å². The number of carbonyl (C=O) groups is 1. The molecule has 3 aromatic rings. The van der Waals surface area contributed by atoms with Crippen LogP contribution in [-0.4, -0.2) is 16.0 Å². The van der Waals surface area contributed by atoms with Gasteiger partial charge in [0.2, 0.25) is 0 Å². The Morgan fingerprint density at radius 1 is 1.13 bits per heavy atom. The molecule has 2 aromatic carbocycles. The SMILES string of the molecule is Cc1cc2cc(NC(=O)c3c(O)c(Cl)cc(Cl)c3Cl)ccc2[nH]1. The van der Waals surface area contributed by atoms with Crippen molar-refractivity contribution in [3.8, 4) is 5.75 Å². The third-order valence-corrected chi connectivity index (χ3v) is 4.46. The number of aromatic nitrogens is 1. The van der Waals surface area contributed by atoms with E-state index in [0.717, 1.165) is 16.6 Å². The molecule has 3 rings (SSSR count). The van der Waals surface area contributed by atoms with Crippen LogP contribution in [-0.2, 0) is 0 Å². The van der Waals surface area contributed by atoms with Gasteiger partial charge in [0.25, 0.3) is 5.91 Å². The highest BCUT2D eigenvalue weighted by Gasteiger charge is 2.21. The molecule has 1 aromatic heterocycles. The van der Waals surface area contributed by atoms with Crippen LogP contribution in [0.3, 0.4) is 0 Å². The van der Waals surface area contributed by atoms with Crippen LogP contribution in [0, 0.1) is 6.92 Å². The third kappa shape index (κ3) is 2.98. The second-order valence-corrected chi connectivity index (χ2v) is 6.28. The highest BCUT2D eigenvalue weighted by molar-refractivity contribution is 6.46. The number of H-pyrrole nitrogens is 1.